The van der Waals surface area contributed by atoms with Crippen LogP contribution < -0.4 is 0 Å². The first-order valence-electron chi connectivity index (χ1n) is 9.15. The Morgan fingerprint density at radius 3 is 2.41 bits per heavy atom. The second-order valence-electron chi connectivity index (χ2n) is 7.99. The van der Waals surface area contributed by atoms with Gasteiger partial charge in [0.05, 0.1) is 12.7 Å². The molecule has 0 atom stereocenters. The van der Waals surface area contributed by atoms with E-state index in [9.17, 15) is 19.2 Å². The third-order valence-corrected chi connectivity index (χ3v) is 4.30. The number of methoxy groups -OCH3 is 1. The molecule has 0 aromatic heterocycles. The van der Waals surface area contributed by atoms with E-state index in [0.717, 1.165) is 0 Å². The van der Waals surface area contributed by atoms with Crippen LogP contribution in [0.3, 0.4) is 0 Å². The van der Waals surface area contributed by atoms with E-state index >= 15 is 0 Å². The molecule has 9 heteroatoms. The average molecular weight is 406 g/mol. The average Bonchev–Trinajstić information content (AvgIpc) is 2.60. The SMILES string of the molecule is COC(=O)c1cc(C=O)cc(CN(CC2CN(C(=O)O)C2)C(=O)OC(C)(C)C)c1. The van der Waals surface area contributed by atoms with Crippen LogP contribution in [0.4, 0.5) is 9.59 Å². The van der Waals surface area contributed by atoms with Gasteiger partial charge in [-0.05, 0) is 44.5 Å². The molecule has 1 N–H and O–H groups in total. The lowest BCUT2D eigenvalue weighted by molar-refractivity contribution is 0.0101. The van der Waals surface area contributed by atoms with Crippen LogP contribution in [-0.4, -0.2) is 71.7 Å². The molecule has 158 valence electrons. The van der Waals surface area contributed by atoms with Crippen molar-refractivity contribution >= 4 is 24.4 Å². The molecule has 0 saturated carbocycles. The smallest absolute Gasteiger partial charge is 0.410 e. The van der Waals surface area contributed by atoms with Crippen LogP contribution in [0.25, 0.3) is 0 Å². The topological polar surface area (TPSA) is 113 Å². The van der Waals surface area contributed by atoms with Crippen LogP contribution in [0.5, 0.6) is 0 Å². The number of likely N-dealkylation sites (tertiary alicyclic amines) is 1. The molecular formula is C20H26N2O7. The number of carboxylic acid groups (broad SMARTS) is 1. The summed E-state index contributed by atoms with van der Waals surface area (Å²) < 4.78 is 10.2. The van der Waals surface area contributed by atoms with Crippen molar-refractivity contribution in [2.75, 3.05) is 26.7 Å². The lowest BCUT2D eigenvalue weighted by atomic mass is 9.99. The Morgan fingerprint density at radius 1 is 1.24 bits per heavy atom. The molecule has 0 bridgehead atoms. The van der Waals surface area contributed by atoms with E-state index in [1.54, 1.807) is 32.9 Å². The molecule has 1 saturated heterocycles. The van der Waals surface area contributed by atoms with Gasteiger partial charge in [-0.2, -0.15) is 0 Å². The molecule has 1 aliphatic heterocycles. The minimum Gasteiger partial charge on any atom is -0.465 e. The van der Waals surface area contributed by atoms with Crippen LogP contribution in [0.1, 0.15) is 47.1 Å². The fourth-order valence-electron chi connectivity index (χ4n) is 3.02. The molecule has 2 amide bonds. The summed E-state index contributed by atoms with van der Waals surface area (Å²) in [7, 11) is 1.24. The first kappa shape index (κ1) is 22.2. The van der Waals surface area contributed by atoms with E-state index in [-0.39, 0.29) is 30.1 Å². The van der Waals surface area contributed by atoms with E-state index in [1.807, 2.05) is 0 Å². The maximum Gasteiger partial charge on any atom is 0.410 e. The molecule has 1 fully saturated rings. The zero-order chi connectivity index (χ0) is 21.8. The monoisotopic (exact) mass is 406 g/mol. The number of carbonyl (C=O) groups excluding carboxylic acids is 3. The summed E-state index contributed by atoms with van der Waals surface area (Å²) in [6, 6.07) is 4.55. The van der Waals surface area contributed by atoms with Crippen LogP contribution in [0.15, 0.2) is 18.2 Å². The van der Waals surface area contributed by atoms with Crippen LogP contribution in [-0.2, 0) is 16.0 Å². The fourth-order valence-corrected chi connectivity index (χ4v) is 3.02. The largest absolute Gasteiger partial charge is 0.465 e. The molecule has 0 unspecified atom stereocenters. The van der Waals surface area contributed by atoms with Crippen LogP contribution in [0, 0.1) is 5.92 Å². The lowest BCUT2D eigenvalue weighted by Crippen LogP contribution is -2.54. The molecule has 2 rings (SSSR count). The molecule has 0 radical (unpaired) electrons. The zero-order valence-corrected chi connectivity index (χ0v) is 17.0. The zero-order valence-electron chi connectivity index (χ0n) is 17.0. The standard InChI is InChI=1S/C20H26N2O7/c1-20(2,3)29-19(27)22(11-15-9-21(10-15)18(25)26)8-13-5-14(12-23)7-16(6-13)17(24)28-4/h5-7,12,15H,8-11H2,1-4H3,(H,25,26). The van der Waals surface area contributed by atoms with E-state index < -0.39 is 23.8 Å². The lowest BCUT2D eigenvalue weighted by Gasteiger charge is -2.40. The molecule has 1 aromatic carbocycles. The summed E-state index contributed by atoms with van der Waals surface area (Å²) in [6.45, 7) is 6.30. The summed E-state index contributed by atoms with van der Waals surface area (Å²) in [6.07, 6.45) is -0.932. The summed E-state index contributed by atoms with van der Waals surface area (Å²) in [5.41, 5.74) is 0.351. The van der Waals surface area contributed by atoms with Crippen LogP contribution >= 0.6 is 0 Å². The van der Waals surface area contributed by atoms with E-state index in [4.69, 9.17) is 14.6 Å². The Balaban J connectivity index is 2.22. The van der Waals surface area contributed by atoms with Gasteiger partial charge in [-0.1, -0.05) is 0 Å². The number of ether oxygens (including phenoxy) is 2. The second-order valence-corrected chi connectivity index (χ2v) is 7.99. The van der Waals surface area contributed by atoms with Crippen LogP contribution in [0.2, 0.25) is 0 Å². The van der Waals surface area contributed by atoms with Gasteiger partial charge in [0.1, 0.15) is 11.9 Å². The Morgan fingerprint density at radius 2 is 1.90 bits per heavy atom. The molecular weight excluding hydrogens is 380 g/mol. The third-order valence-electron chi connectivity index (χ3n) is 4.30. The third kappa shape index (κ3) is 6.20. The molecule has 1 aliphatic rings. The Hall–Kier alpha value is -3.10. The molecule has 9 nitrogen and oxygen atoms in total. The highest BCUT2D eigenvalue weighted by molar-refractivity contribution is 5.92. The van der Waals surface area contributed by atoms with Gasteiger partial charge in [-0.25, -0.2) is 14.4 Å². The predicted molar refractivity (Wildman–Crippen MR) is 103 cm³/mol. The molecule has 29 heavy (non-hydrogen) atoms. The van der Waals surface area contributed by atoms with Gasteiger partial charge in [0, 0.05) is 37.7 Å². The van der Waals surface area contributed by atoms with Crippen molar-refractivity contribution in [1.82, 2.24) is 9.80 Å². The summed E-state index contributed by atoms with van der Waals surface area (Å²) >= 11 is 0. The summed E-state index contributed by atoms with van der Waals surface area (Å²) in [5, 5.41) is 8.99. The van der Waals surface area contributed by atoms with Gasteiger partial charge in [0.2, 0.25) is 0 Å². The van der Waals surface area contributed by atoms with Crippen molar-refractivity contribution in [3.8, 4) is 0 Å². The van der Waals surface area contributed by atoms with Gasteiger partial charge in [0.15, 0.2) is 0 Å². The number of esters is 1. The number of rotatable bonds is 6. The first-order chi connectivity index (χ1) is 13.5. The van der Waals surface area contributed by atoms with Crippen molar-refractivity contribution in [1.29, 1.82) is 0 Å². The normalized spacial score (nSPS) is 14.0. The van der Waals surface area contributed by atoms with Gasteiger partial charge < -0.3 is 24.4 Å². The van der Waals surface area contributed by atoms with E-state index in [2.05, 4.69) is 0 Å². The van der Waals surface area contributed by atoms with Crippen molar-refractivity contribution in [2.24, 2.45) is 5.92 Å². The Labute approximate surface area is 169 Å². The number of carbonyl (C=O) groups is 4. The van der Waals surface area contributed by atoms with E-state index in [0.29, 0.717) is 24.9 Å². The van der Waals surface area contributed by atoms with Crippen molar-refractivity contribution in [3.05, 3.63) is 34.9 Å². The number of benzene rings is 1. The summed E-state index contributed by atoms with van der Waals surface area (Å²) in [5.74, 6) is -0.609. The fraction of sp³-hybridized carbons (Fsp3) is 0.500. The second kappa shape index (κ2) is 8.93. The number of amides is 2. The molecule has 1 aromatic rings. The minimum atomic E-state index is -0.994. The van der Waals surface area contributed by atoms with Gasteiger partial charge in [0.25, 0.3) is 0 Å². The highest BCUT2D eigenvalue weighted by atomic mass is 16.6. The Bertz CT molecular complexity index is 795. The van der Waals surface area contributed by atoms with Crippen molar-refractivity contribution in [3.63, 3.8) is 0 Å². The van der Waals surface area contributed by atoms with Crippen molar-refractivity contribution < 1.29 is 33.8 Å². The number of hydrogen-bond acceptors (Lipinski definition) is 6. The highest BCUT2D eigenvalue weighted by Gasteiger charge is 2.34. The van der Waals surface area contributed by atoms with Gasteiger partial charge >= 0.3 is 18.2 Å². The summed E-state index contributed by atoms with van der Waals surface area (Å²) in [4.78, 5) is 49.5. The predicted octanol–water partition coefficient (Wildman–Crippen LogP) is 2.63. The molecule has 0 aliphatic carbocycles. The van der Waals surface area contributed by atoms with Gasteiger partial charge in [-0.3, -0.25) is 4.79 Å². The maximum absolute atomic E-state index is 12.7. The minimum absolute atomic E-state index is 0.0204. The number of aldehydes is 1. The van der Waals surface area contributed by atoms with Gasteiger partial charge in [-0.15, -0.1) is 0 Å². The Kier molecular flexibility index (Phi) is 6.84. The highest BCUT2D eigenvalue weighted by Crippen LogP contribution is 2.21. The van der Waals surface area contributed by atoms with E-state index in [1.165, 1.54) is 23.0 Å². The first-order valence-corrected chi connectivity index (χ1v) is 9.15. The number of nitrogens with zero attached hydrogens (tertiary/aromatic N) is 2. The molecule has 0 spiro atoms. The van der Waals surface area contributed by atoms with Crippen molar-refractivity contribution in [2.45, 2.75) is 32.9 Å². The molecule has 1 heterocycles. The quantitative estimate of drug-likeness (QED) is 0.571. The number of hydrogen-bond donors (Lipinski definition) is 1. The maximum atomic E-state index is 12.7.